The van der Waals surface area contributed by atoms with Gasteiger partial charge >= 0.3 is 11.8 Å². The molecule has 1 aliphatic carbocycles. The summed E-state index contributed by atoms with van der Waals surface area (Å²) in [7, 11) is 1.54. The summed E-state index contributed by atoms with van der Waals surface area (Å²) in [6, 6.07) is 7.95. The number of hydrogen-bond donors (Lipinski definition) is 1. The molecule has 0 bridgehead atoms. The van der Waals surface area contributed by atoms with Crippen LogP contribution in [0, 0.1) is 17.2 Å². The summed E-state index contributed by atoms with van der Waals surface area (Å²) >= 11 is 0. The number of carbonyl (C=O) groups is 3. The molecule has 2 aliphatic heterocycles. The van der Waals surface area contributed by atoms with Crippen molar-refractivity contribution < 1.29 is 18.8 Å². The van der Waals surface area contributed by atoms with Crippen LogP contribution in [0.1, 0.15) is 67.6 Å². The topological polar surface area (TPSA) is 132 Å². The smallest absolute Gasteiger partial charge is 0.311 e. The second kappa shape index (κ2) is 8.48. The number of anilines is 1. The lowest BCUT2D eigenvalue weighted by Gasteiger charge is -2.32. The number of nitrogens with zero attached hydrogens (tertiary/aromatic N) is 5. The van der Waals surface area contributed by atoms with Crippen LogP contribution in [-0.2, 0) is 15.0 Å². The van der Waals surface area contributed by atoms with E-state index in [1.807, 2.05) is 38.1 Å². The van der Waals surface area contributed by atoms with Crippen molar-refractivity contribution in [2.45, 2.75) is 62.9 Å². The van der Waals surface area contributed by atoms with Crippen LogP contribution in [-0.4, -0.2) is 63.4 Å². The molecule has 0 unspecified atom stereocenters. The number of amides is 3. The Hall–Kier alpha value is -3.74. The maximum atomic E-state index is 13.9. The maximum absolute atomic E-state index is 13.9. The average molecular weight is 477 g/mol. The van der Waals surface area contributed by atoms with Crippen LogP contribution >= 0.6 is 0 Å². The highest BCUT2D eigenvalue weighted by atomic mass is 16.4. The van der Waals surface area contributed by atoms with Gasteiger partial charge in [-0.3, -0.25) is 14.4 Å². The van der Waals surface area contributed by atoms with E-state index in [-0.39, 0.29) is 42.5 Å². The van der Waals surface area contributed by atoms with Crippen molar-refractivity contribution in [2.75, 3.05) is 18.9 Å². The molecule has 1 N–H and O–H groups in total. The molecule has 1 saturated carbocycles. The van der Waals surface area contributed by atoms with Crippen LogP contribution in [0.3, 0.4) is 0 Å². The van der Waals surface area contributed by atoms with E-state index in [4.69, 9.17) is 4.42 Å². The summed E-state index contributed by atoms with van der Waals surface area (Å²) in [5.74, 6) is -0.499. The minimum absolute atomic E-state index is 0.0793. The summed E-state index contributed by atoms with van der Waals surface area (Å²) in [6.07, 6.45) is 2.51. The number of benzene rings is 1. The van der Waals surface area contributed by atoms with Crippen molar-refractivity contribution in [1.82, 2.24) is 20.0 Å². The van der Waals surface area contributed by atoms with Crippen LogP contribution < -0.4 is 5.32 Å². The number of likely N-dealkylation sites (N-methyl/N-ethyl adjacent to an activating group) is 1. The molecule has 1 saturated heterocycles. The Kier molecular flexibility index (Phi) is 5.58. The zero-order chi connectivity index (χ0) is 24.9. The van der Waals surface area contributed by atoms with E-state index in [1.54, 1.807) is 7.05 Å². The SMILES string of the molecule is CC(C)C[C@@H](C(=O)N1C[C@]2(C[C@H]1C#N)C(=O)Nc1ccccc12)N(C)C(=O)c1nnc(C2CC2)o1. The third-order valence-electron chi connectivity index (χ3n) is 7.23. The van der Waals surface area contributed by atoms with E-state index < -0.39 is 23.4 Å². The maximum Gasteiger partial charge on any atom is 0.311 e. The van der Waals surface area contributed by atoms with E-state index >= 15 is 0 Å². The van der Waals surface area contributed by atoms with Crippen LogP contribution in [0.5, 0.6) is 0 Å². The Bertz CT molecular complexity index is 1230. The molecule has 3 atom stereocenters. The minimum atomic E-state index is -0.983. The van der Waals surface area contributed by atoms with Gasteiger partial charge in [0.1, 0.15) is 12.1 Å². The normalized spacial score (nSPS) is 23.8. The van der Waals surface area contributed by atoms with E-state index in [2.05, 4.69) is 21.6 Å². The molecule has 35 heavy (non-hydrogen) atoms. The number of rotatable bonds is 6. The van der Waals surface area contributed by atoms with Crippen LogP contribution in [0.2, 0.25) is 0 Å². The molecule has 1 aromatic heterocycles. The lowest BCUT2D eigenvalue weighted by Crippen LogP contribution is -2.52. The highest BCUT2D eigenvalue weighted by Gasteiger charge is 2.56. The van der Waals surface area contributed by atoms with Gasteiger partial charge in [0.25, 0.3) is 0 Å². The van der Waals surface area contributed by atoms with Crippen molar-refractivity contribution in [3.63, 3.8) is 0 Å². The summed E-state index contributed by atoms with van der Waals surface area (Å²) in [4.78, 5) is 42.9. The number of para-hydroxylation sites is 1. The number of aromatic nitrogens is 2. The van der Waals surface area contributed by atoms with Gasteiger partial charge in [0, 0.05) is 31.6 Å². The number of fused-ring (bicyclic) bond motifs is 2. The van der Waals surface area contributed by atoms with E-state index in [0.717, 1.165) is 18.4 Å². The molecule has 10 heteroatoms. The third-order valence-corrected chi connectivity index (χ3v) is 7.23. The predicted molar refractivity (Wildman–Crippen MR) is 124 cm³/mol. The zero-order valence-electron chi connectivity index (χ0n) is 20.0. The molecule has 3 aliphatic rings. The zero-order valence-corrected chi connectivity index (χ0v) is 20.0. The highest BCUT2D eigenvalue weighted by molar-refractivity contribution is 6.07. The van der Waals surface area contributed by atoms with Crippen LogP contribution in [0.25, 0.3) is 0 Å². The molecule has 3 heterocycles. The lowest BCUT2D eigenvalue weighted by atomic mass is 9.80. The van der Waals surface area contributed by atoms with Crippen molar-refractivity contribution in [1.29, 1.82) is 5.26 Å². The first-order chi connectivity index (χ1) is 16.7. The van der Waals surface area contributed by atoms with Crippen molar-refractivity contribution in [3.8, 4) is 6.07 Å². The molecule has 10 nitrogen and oxygen atoms in total. The standard InChI is InChI=1S/C25H28N6O4/c1-14(2)10-19(30(3)23(33)21-29-28-20(35-21)15-8-9-15)22(32)31-13-25(11-16(31)12-26)17-6-4-5-7-18(17)27-24(25)34/h4-7,14-16,19H,8-11,13H2,1-3H3,(H,27,34)/t16-,19-,25-/m0/s1. The summed E-state index contributed by atoms with van der Waals surface area (Å²) in [5.41, 5.74) is 0.518. The molecule has 182 valence electrons. The van der Waals surface area contributed by atoms with E-state index in [1.165, 1.54) is 9.80 Å². The van der Waals surface area contributed by atoms with Gasteiger partial charge < -0.3 is 19.5 Å². The van der Waals surface area contributed by atoms with Gasteiger partial charge in [0.2, 0.25) is 17.7 Å². The summed E-state index contributed by atoms with van der Waals surface area (Å²) in [5, 5.41) is 20.7. The first-order valence-corrected chi connectivity index (χ1v) is 12.0. The number of nitrogens with one attached hydrogen (secondary N) is 1. The predicted octanol–water partition coefficient (Wildman–Crippen LogP) is 2.45. The van der Waals surface area contributed by atoms with Gasteiger partial charge in [-0.1, -0.05) is 32.0 Å². The van der Waals surface area contributed by atoms with Gasteiger partial charge in [-0.25, -0.2) is 0 Å². The van der Waals surface area contributed by atoms with Crippen molar-refractivity contribution in [2.24, 2.45) is 5.92 Å². The van der Waals surface area contributed by atoms with Gasteiger partial charge in [-0.2, -0.15) is 5.26 Å². The Morgan fingerprint density at radius 2 is 2.06 bits per heavy atom. The van der Waals surface area contributed by atoms with Crippen LogP contribution in [0.4, 0.5) is 5.69 Å². The first-order valence-electron chi connectivity index (χ1n) is 12.0. The number of carbonyl (C=O) groups excluding carboxylic acids is 3. The molecule has 0 radical (unpaired) electrons. The fourth-order valence-electron chi connectivity index (χ4n) is 5.16. The van der Waals surface area contributed by atoms with Crippen molar-refractivity contribution >= 4 is 23.4 Å². The molecule has 1 aromatic carbocycles. The Morgan fingerprint density at radius 3 is 2.74 bits per heavy atom. The van der Waals surface area contributed by atoms with Gasteiger partial charge in [0.15, 0.2) is 0 Å². The minimum Gasteiger partial charge on any atom is -0.417 e. The molecule has 2 fully saturated rings. The molecular formula is C25H28N6O4. The van der Waals surface area contributed by atoms with E-state index in [0.29, 0.717) is 18.0 Å². The number of likely N-dealkylation sites (tertiary alicyclic amines) is 1. The Labute approximate surface area is 203 Å². The van der Waals surface area contributed by atoms with Crippen molar-refractivity contribution in [3.05, 3.63) is 41.6 Å². The van der Waals surface area contributed by atoms with Gasteiger partial charge in [-0.15, -0.1) is 10.2 Å². The lowest BCUT2D eigenvalue weighted by molar-refractivity contribution is -0.136. The molecule has 1 spiro atoms. The van der Waals surface area contributed by atoms with Crippen LogP contribution in [0.15, 0.2) is 28.7 Å². The Balaban J connectivity index is 1.42. The summed E-state index contributed by atoms with van der Waals surface area (Å²) < 4.78 is 5.58. The molecule has 5 rings (SSSR count). The molecule has 2 aromatic rings. The monoisotopic (exact) mass is 476 g/mol. The van der Waals surface area contributed by atoms with E-state index in [9.17, 15) is 19.6 Å². The molecule has 3 amide bonds. The molecular weight excluding hydrogens is 448 g/mol. The third kappa shape index (κ3) is 3.85. The van der Waals surface area contributed by atoms with Gasteiger partial charge in [0.05, 0.1) is 11.5 Å². The fraction of sp³-hybridized carbons (Fsp3) is 0.520. The first kappa shape index (κ1) is 23.0. The Morgan fingerprint density at radius 1 is 1.31 bits per heavy atom. The second-order valence-electron chi connectivity index (χ2n) is 10.2. The summed E-state index contributed by atoms with van der Waals surface area (Å²) in [6.45, 7) is 4.00. The number of nitriles is 1. The second-order valence-corrected chi connectivity index (χ2v) is 10.2. The fourth-order valence-corrected chi connectivity index (χ4v) is 5.16. The highest BCUT2D eigenvalue weighted by Crippen LogP contribution is 2.46. The average Bonchev–Trinajstić information content (AvgIpc) is 3.34. The van der Waals surface area contributed by atoms with Gasteiger partial charge in [-0.05, 0) is 36.8 Å². The largest absolute Gasteiger partial charge is 0.417 e. The number of hydrogen-bond acceptors (Lipinski definition) is 7. The quantitative estimate of drug-likeness (QED) is 0.677.